The van der Waals surface area contributed by atoms with Crippen LogP contribution in [0.1, 0.15) is 10.4 Å². The molecule has 1 atom stereocenters. The fourth-order valence-electron chi connectivity index (χ4n) is 2.64. The fraction of sp³-hybridized carbons (Fsp3) is 0.0476. The molecular formula is C21H16ClNO4S. The largest absolute Gasteiger partial charge is 0.325 e. The standard InChI is InChI=1S/C21H16ClNO4S/c22-16-11-13-18(14-12-16)28(26,27)20(19(24)15-7-3-1-4-8-15)21(25)23-17-9-5-2-6-10-17/h1-14,20H,(H,23,25). The van der Waals surface area contributed by atoms with E-state index in [-0.39, 0.29) is 10.5 Å². The van der Waals surface area contributed by atoms with Gasteiger partial charge in [-0.25, -0.2) is 8.42 Å². The Labute approximate surface area is 167 Å². The normalized spacial score (nSPS) is 12.2. The number of sulfone groups is 1. The Morgan fingerprint density at radius 1 is 0.786 bits per heavy atom. The summed E-state index contributed by atoms with van der Waals surface area (Å²) in [6.07, 6.45) is 0. The number of ketones is 1. The number of para-hydroxylation sites is 1. The van der Waals surface area contributed by atoms with Gasteiger partial charge in [-0.1, -0.05) is 60.1 Å². The van der Waals surface area contributed by atoms with Gasteiger partial charge in [-0.05, 0) is 36.4 Å². The van der Waals surface area contributed by atoms with E-state index >= 15 is 0 Å². The number of anilines is 1. The van der Waals surface area contributed by atoms with Crippen LogP contribution in [-0.4, -0.2) is 25.4 Å². The molecule has 0 bridgehead atoms. The van der Waals surface area contributed by atoms with Crippen LogP contribution in [-0.2, 0) is 14.6 Å². The first-order valence-corrected chi connectivity index (χ1v) is 10.3. The molecule has 1 amide bonds. The first kappa shape index (κ1) is 19.8. The second-order valence-corrected chi connectivity index (χ2v) is 8.43. The lowest BCUT2D eigenvalue weighted by atomic mass is 10.1. The molecule has 0 fully saturated rings. The first-order valence-electron chi connectivity index (χ1n) is 8.34. The number of carbonyl (C=O) groups excluding carboxylic acids is 2. The number of amides is 1. The maximum absolute atomic E-state index is 13.2. The molecule has 3 aromatic carbocycles. The molecule has 0 aliphatic rings. The van der Waals surface area contributed by atoms with Gasteiger partial charge >= 0.3 is 0 Å². The average Bonchev–Trinajstić information content (AvgIpc) is 2.69. The zero-order chi connectivity index (χ0) is 20.1. The fourth-order valence-corrected chi connectivity index (χ4v) is 4.32. The molecule has 142 valence electrons. The van der Waals surface area contributed by atoms with Gasteiger partial charge in [0.1, 0.15) is 0 Å². The number of hydrogen-bond donors (Lipinski definition) is 1. The van der Waals surface area contributed by atoms with Crippen molar-refractivity contribution in [1.29, 1.82) is 0 Å². The van der Waals surface area contributed by atoms with E-state index < -0.39 is 26.8 Å². The van der Waals surface area contributed by atoms with Crippen LogP contribution < -0.4 is 5.32 Å². The lowest BCUT2D eigenvalue weighted by Gasteiger charge is -2.17. The molecule has 28 heavy (non-hydrogen) atoms. The maximum Gasteiger partial charge on any atom is 0.251 e. The van der Waals surface area contributed by atoms with Crippen LogP contribution in [0.4, 0.5) is 5.69 Å². The quantitative estimate of drug-likeness (QED) is 0.489. The minimum absolute atomic E-state index is 0.133. The summed E-state index contributed by atoms with van der Waals surface area (Å²) in [7, 11) is -4.30. The molecule has 0 saturated heterocycles. The molecule has 1 N–H and O–H groups in total. The molecule has 3 aromatic rings. The summed E-state index contributed by atoms with van der Waals surface area (Å²) in [5, 5.41) is 0.927. The Morgan fingerprint density at radius 2 is 1.32 bits per heavy atom. The predicted octanol–water partition coefficient (Wildman–Crippen LogP) is 4.00. The molecule has 0 radical (unpaired) electrons. The van der Waals surface area contributed by atoms with E-state index in [0.29, 0.717) is 10.7 Å². The Bertz CT molecular complexity index is 1080. The zero-order valence-corrected chi connectivity index (χ0v) is 16.2. The van der Waals surface area contributed by atoms with E-state index in [1.54, 1.807) is 48.5 Å². The van der Waals surface area contributed by atoms with Crippen LogP contribution in [0.3, 0.4) is 0 Å². The highest BCUT2D eigenvalue weighted by atomic mass is 35.5. The summed E-state index contributed by atoms with van der Waals surface area (Å²) < 4.78 is 26.3. The third kappa shape index (κ3) is 4.30. The second kappa shape index (κ2) is 8.37. The number of benzene rings is 3. The monoisotopic (exact) mass is 413 g/mol. The summed E-state index contributed by atoms with van der Waals surface area (Å²) >= 11 is 5.83. The van der Waals surface area contributed by atoms with Gasteiger partial charge in [0, 0.05) is 16.3 Å². The Balaban J connectivity index is 2.04. The van der Waals surface area contributed by atoms with E-state index in [2.05, 4.69) is 5.32 Å². The van der Waals surface area contributed by atoms with Crippen LogP contribution in [0.25, 0.3) is 0 Å². The van der Waals surface area contributed by atoms with Gasteiger partial charge in [-0.2, -0.15) is 0 Å². The van der Waals surface area contributed by atoms with Gasteiger partial charge in [0.2, 0.25) is 5.25 Å². The Kier molecular flexibility index (Phi) is 5.92. The van der Waals surface area contributed by atoms with Crippen LogP contribution in [0, 0.1) is 0 Å². The topological polar surface area (TPSA) is 80.3 Å². The van der Waals surface area contributed by atoms with Gasteiger partial charge in [-0.3, -0.25) is 9.59 Å². The minimum atomic E-state index is -4.30. The number of nitrogens with one attached hydrogen (secondary N) is 1. The summed E-state index contributed by atoms with van der Waals surface area (Å²) in [6.45, 7) is 0. The summed E-state index contributed by atoms with van der Waals surface area (Å²) in [5.74, 6) is -1.72. The average molecular weight is 414 g/mol. The smallest absolute Gasteiger partial charge is 0.251 e. The summed E-state index contributed by atoms with van der Waals surface area (Å²) in [6, 6.07) is 21.6. The molecule has 0 aromatic heterocycles. The van der Waals surface area contributed by atoms with Crippen LogP contribution in [0.5, 0.6) is 0 Å². The lowest BCUT2D eigenvalue weighted by molar-refractivity contribution is -0.115. The molecule has 0 aliphatic heterocycles. The third-order valence-electron chi connectivity index (χ3n) is 4.03. The first-order chi connectivity index (χ1) is 13.4. The lowest BCUT2D eigenvalue weighted by Crippen LogP contribution is -2.41. The maximum atomic E-state index is 13.2. The second-order valence-electron chi connectivity index (χ2n) is 5.96. The molecule has 5 nitrogen and oxygen atoms in total. The van der Waals surface area contributed by atoms with Crippen molar-refractivity contribution in [3.8, 4) is 0 Å². The number of rotatable bonds is 6. The highest BCUT2D eigenvalue weighted by Crippen LogP contribution is 2.23. The number of halogens is 1. The molecule has 1 unspecified atom stereocenters. The van der Waals surface area contributed by atoms with Crippen molar-refractivity contribution < 1.29 is 18.0 Å². The molecule has 7 heteroatoms. The van der Waals surface area contributed by atoms with Gasteiger partial charge < -0.3 is 5.32 Å². The van der Waals surface area contributed by atoms with Gasteiger partial charge in [-0.15, -0.1) is 0 Å². The van der Waals surface area contributed by atoms with Gasteiger partial charge in [0.15, 0.2) is 15.6 Å². The van der Waals surface area contributed by atoms with Gasteiger partial charge in [0.05, 0.1) is 4.90 Å². The van der Waals surface area contributed by atoms with Crippen molar-refractivity contribution in [2.45, 2.75) is 10.1 Å². The molecule has 0 spiro atoms. The third-order valence-corrected chi connectivity index (χ3v) is 6.26. The molecular weight excluding hydrogens is 398 g/mol. The Hall–Kier alpha value is -2.96. The number of Topliss-reactive ketones (excluding diaryl/α,β-unsaturated/α-hetero) is 1. The van der Waals surface area contributed by atoms with Crippen molar-refractivity contribution in [3.63, 3.8) is 0 Å². The molecule has 0 heterocycles. The van der Waals surface area contributed by atoms with Gasteiger partial charge in [0.25, 0.3) is 5.91 Å². The van der Waals surface area contributed by atoms with Crippen LogP contribution in [0.15, 0.2) is 89.8 Å². The molecule has 3 rings (SSSR count). The summed E-state index contributed by atoms with van der Waals surface area (Å²) in [5.41, 5.74) is 0.526. The zero-order valence-electron chi connectivity index (χ0n) is 14.6. The van der Waals surface area contributed by atoms with Crippen molar-refractivity contribution in [2.24, 2.45) is 0 Å². The van der Waals surface area contributed by atoms with Crippen molar-refractivity contribution >= 4 is 38.8 Å². The highest BCUT2D eigenvalue weighted by molar-refractivity contribution is 7.93. The van der Waals surface area contributed by atoms with Crippen LogP contribution >= 0.6 is 11.6 Å². The van der Waals surface area contributed by atoms with Crippen molar-refractivity contribution in [2.75, 3.05) is 5.32 Å². The van der Waals surface area contributed by atoms with E-state index in [4.69, 9.17) is 11.6 Å². The molecule has 0 saturated carbocycles. The van der Waals surface area contributed by atoms with Crippen molar-refractivity contribution in [3.05, 3.63) is 95.5 Å². The summed E-state index contributed by atoms with van der Waals surface area (Å²) in [4.78, 5) is 25.7. The number of carbonyl (C=O) groups is 2. The van der Waals surface area contributed by atoms with E-state index in [1.807, 2.05) is 0 Å². The minimum Gasteiger partial charge on any atom is -0.325 e. The predicted molar refractivity (Wildman–Crippen MR) is 108 cm³/mol. The van der Waals surface area contributed by atoms with E-state index in [9.17, 15) is 18.0 Å². The van der Waals surface area contributed by atoms with E-state index in [0.717, 1.165) is 0 Å². The van der Waals surface area contributed by atoms with Crippen LogP contribution in [0.2, 0.25) is 5.02 Å². The highest BCUT2D eigenvalue weighted by Gasteiger charge is 2.40. The number of hydrogen-bond acceptors (Lipinski definition) is 4. The van der Waals surface area contributed by atoms with E-state index in [1.165, 1.54) is 36.4 Å². The molecule has 0 aliphatic carbocycles. The van der Waals surface area contributed by atoms with Crippen molar-refractivity contribution in [1.82, 2.24) is 0 Å². The Morgan fingerprint density at radius 3 is 1.89 bits per heavy atom. The SMILES string of the molecule is O=C(Nc1ccccc1)C(C(=O)c1ccccc1)S(=O)(=O)c1ccc(Cl)cc1.